The van der Waals surface area contributed by atoms with Gasteiger partial charge >= 0.3 is 5.97 Å². The first-order valence-corrected chi connectivity index (χ1v) is 9.65. The Balaban J connectivity index is 1.90. The van der Waals surface area contributed by atoms with Gasteiger partial charge in [0.2, 0.25) is 10.0 Å². The van der Waals surface area contributed by atoms with E-state index in [1.807, 2.05) is 31.2 Å². The van der Waals surface area contributed by atoms with Crippen molar-refractivity contribution >= 4 is 33.5 Å². The molecule has 0 bridgehead atoms. The van der Waals surface area contributed by atoms with Crippen LogP contribution in [-0.2, 0) is 19.6 Å². The monoisotopic (exact) mass is 373 g/mol. The molecule has 0 amide bonds. The van der Waals surface area contributed by atoms with Gasteiger partial charge in [0.1, 0.15) is 0 Å². The third kappa shape index (κ3) is 6.18. The molecule has 0 spiro atoms. The first kappa shape index (κ1) is 19.4. The Morgan fingerprint density at radius 3 is 2.35 bits per heavy atom. The molecule has 2 aromatic rings. The van der Waals surface area contributed by atoms with Crippen molar-refractivity contribution in [2.75, 3.05) is 17.6 Å². The van der Waals surface area contributed by atoms with Gasteiger partial charge < -0.3 is 4.74 Å². The van der Waals surface area contributed by atoms with Crippen LogP contribution in [0.2, 0.25) is 0 Å². The Labute approximate surface area is 152 Å². The summed E-state index contributed by atoms with van der Waals surface area (Å²) in [6.07, 6.45) is 3.94. The third-order valence-corrected chi connectivity index (χ3v) is 4.05. The Kier molecular flexibility index (Phi) is 6.30. The molecule has 0 radical (unpaired) electrons. The Morgan fingerprint density at radius 2 is 1.73 bits per heavy atom. The molecule has 0 aliphatic rings. The number of rotatable bonds is 7. The molecule has 0 saturated heterocycles. The number of carbonyl (C=O) groups is 2. The number of ketones is 1. The minimum absolute atomic E-state index is 0.319. The zero-order valence-electron chi connectivity index (χ0n) is 14.4. The zero-order valence-corrected chi connectivity index (χ0v) is 15.2. The van der Waals surface area contributed by atoms with E-state index in [1.54, 1.807) is 6.08 Å². The lowest BCUT2D eigenvalue weighted by molar-refractivity contribution is -0.136. The summed E-state index contributed by atoms with van der Waals surface area (Å²) in [6.45, 7) is 1.53. The van der Waals surface area contributed by atoms with Crippen LogP contribution in [0.5, 0.6) is 0 Å². The molecule has 7 heteroatoms. The molecule has 136 valence electrons. The molecule has 0 saturated carbocycles. The van der Waals surface area contributed by atoms with Gasteiger partial charge in [0, 0.05) is 17.3 Å². The van der Waals surface area contributed by atoms with Gasteiger partial charge in [0.15, 0.2) is 12.4 Å². The van der Waals surface area contributed by atoms with Gasteiger partial charge in [-0.25, -0.2) is 13.2 Å². The van der Waals surface area contributed by atoms with Crippen LogP contribution in [0.1, 0.15) is 21.5 Å². The summed E-state index contributed by atoms with van der Waals surface area (Å²) in [4.78, 5) is 23.8. The van der Waals surface area contributed by atoms with Crippen molar-refractivity contribution in [3.63, 3.8) is 0 Å². The van der Waals surface area contributed by atoms with Gasteiger partial charge in [-0.3, -0.25) is 9.52 Å². The van der Waals surface area contributed by atoms with Crippen LogP contribution in [0.25, 0.3) is 6.08 Å². The molecule has 6 nitrogen and oxygen atoms in total. The lowest BCUT2D eigenvalue weighted by atomic mass is 10.1. The summed E-state index contributed by atoms with van der Waals surface area (Å²) in [5.74, 6) is -0.995. The molecule has 0 aliphatic carbocycles. The molecule has 0 fully saturated rings. The van der Waals surface area contributed by atoms with Crippen molar-refractivity contribution in [3.8, 4) is 0 Å². The molecule has 2 aromatic carbocycles. The fourth-order valence-corrected chi connectivity index (χ4v) is 2.70. The second kappa shape index (κ2) is 8.44. The van der Waals surface area contributed by atoms with E-state index in [-0.39, 0.29) is 5.78 Å². The van der Waals surface area contributed by atoms with E-state index in [0.29, 0.717) is 11.3 Å². The lowest BCUT2D eigenvalue weighted by Crippen LogP contribution is -2.13. The predicted molar refractivity (Wildman–Crippen MR) is 100 cm³/mol. The van der Waals surface area contributed by atoms with Crippen LogP contribution in [0.4, 0.5) is 5.69 Å². The molecule has 0 heterocycles. The normalized spacial score (nSPS) is 11.3. The number of aryl methyl sites for hydroxylation is 1. The number of Topliss-reactive ketones (excluding diaryl/α,β-unsaturated/α-hetero) is 1. The number of nitrogens with one attached hydrogen (secondary N) is 1. The summed E-state index contributed by atoms with van der Waals surface area (Å²) in [5.41, 5.74) is 2.59. The van der Waals surface area contributed by atoms with E-state index in [1.165, 1.54) is 30.3 Å². The molecule has 0 unspecified atom stereocenters. The maximum absolute atomic E-state index is 12.0. The van der Waals surface area contributed by atoms with Crippen LogP contribution in [0.15, 0.2) is 54.6 Å². The van der Waals surface area contributed by atoms with Gasteiger partial charge in [-0.05, 0) is 48.4 Å². The molecular formula is C19H19NO5S. The van der Waals surface area contributed by atoms with Gasteiger partial charge in [-0.15, -0.1) is 0 Å². The maximum Gasteiger partial charge on any atom is 0.331 e. The van der Waals surface area contributed by atoms with Crippen molar-refractivity contribution < 1.29 is 22.7 Å². The summed E-state index contributed by atoms with van der Waals surface area (Å²) in [7, 11) is -3.38. The number of hydrogen-bond acceptors (Lipinski definition) is 5. The molecule has 0 atom stereocenters. The van der Waals surface area contributed by atoms with Crippen LogP contribution in [0.3, 0.4) is 0 Å². The molecule has 2 rings (SSSR count). The average Bonchev–Trinajstić information content (AvgIpc) is 2.58. The highest BCUT2D eigenvalue weighted by Gasteiger charge is 2.09. The first-order chi connectivity index (χ1) is 12.2. The smallest absolute Gasteiger partial charge is 0.331 e. The number of esters is 1. The van der Waals surface area contributed by atoms with Gasteiger partial charge in [-0.1, -0.05) is 24.3 Å². The molecule has 0 aliphatic heterocycles. The number of benzene rings is 2. The zero-order chi connectivity index (χ0) is 19.2. The number of ether oxygens (including phenoxy) is 1. The van der Waals surface area contributed by atoms with Crippen molar-refractivity contribution in [2.45, 2.75) is 6.92 Å². The minimum atomic E-state index is -3.38. The van der Waals surface area contributed by atoms with E-state index in [2.05, 4.69) is 4.72 Å². The largest absolute Gasteiger partial charge is 0.454 e. The highest BCUT2D eigenvalue weighted by atomic mass is 32.2. The Morgan fingerprint density at radius 1 is 1.08 bits per heavy atom. The van der Waals surface area contributed by atoms with Crippen molar-refractivity contribution in [1.29, 1.82) is 0 Å². The van der Waals surface area contributed by atoms with Gasteiger partial charge in [0.25, 0.3) is 0 Å². The summed E-state index contributed by atoms with van der Waals surface area (Å²) in [5, 5.41) is 0. The fraction of sp³-hybridized carbons (Fsp3) is 0.158. The molecule has 1 N–H and O–H groups in total. The number of sulfonamides is 1. The maximum atomic E-state index is 12.0. The second-order valence-electron chi connectivity index (χ2n) is 5.67. The predicted octanol–water partition coefficient (Wildman–Crippen LogP) is 2.81. The first-order valence-electron chi connectivity index (χ1n) is 7.76. The quantitative estimate of drug-likeness (QED) is 0.458. The lowest BCUT2D eigenvalue weighted by Gasteiger charge is -2.05. The Hall–Kier alpha value is -2.93. The van der Waals surface area contributed by atoms with Crippen LogP contribution in [-0.4, -0.2) is 33.0 Å². The fourth-order valence-electron chi connectivity index (χ4n) is 2.14. The second-order valence-corrected chi connectivity index (χ2v) is 7.42. The van der Waals surface area contributed by atoms with Crippen molar-refractivity contribution in [1.82, 2.24) is 0 Å². The summed E-state index contributed by atoms with van der Waals surface area (Å²) < 4.78 is 29.5. The van der Waals surface area contributed by atoms with Gasteiger partial charge in [-0.2, -0.15) is 0 Å². The molecule has 0 aromatic heterocycles. The highest BCUT2D eigenvalue weighted by Crippen LogP contribution is 2.12. The van der Waals surface area contributed by atoms with Crippen molar-refractivity contribution in [3.05, 3.63) is 71.3 Å². The standard InChI is InChI=1S/C19H19NO5S/c1-14-5-3-4-6-15(14)9-12-19(22)25-13-18(21)16-7-10-17(11-8-16)20-26(2,23)24/h3-12,20H,13H2,1-2H3/b12-9+. The van der Waals surface area contributed by atoms with E-state index in [9.17, 15) is 18.0 Å². The highest BCUT2D eigenvalue weighted by molar-refractivity contribution is 7.92. The van der Waals surface area contributed by atoms with Crippen LogP contribution >= 0.6 is 0 Å². The van der Waals surface area contributed by atoms with Crippen LogP contribution in [0, 0.1) is 6.92 Å². The molecule has 26 heavy (non-hydrogen) atoms. The summed E-state index contributed by atoms with van der Waals surface area (Å²) in [6, 6.07) is 13.4. The average molecular weight is 373 g/mol. The van der Waals surface area contributed by atoms with E-state index in [0.717, 1.165) is 17.4 Å². The summed E-state index contributed by atoms with van der Waals surface area (Å²) >= 11 is 0. The van der Waals surface area contributed by atoms with E-state index in [4.69, 9.17) is 4.74 Å². The number of hydrogen-bond donors (Lipinski definition) is 1. The number of carbonyl (C=O) groups excluding carboxylic acids is 2. The van der Waals surface area contributed by atoms with Gasteiger partial charge in [0.05, 0.1) is 6.26 Å². The molecular weight excluding hydrogens is 354 g/mol. The SMILES string of the molecule is Cc1ccccc1/C=C/C(=O)OCC(=O)c1ccc(NS(C)(=O)=O)cc1. The Bertz CT molecular complexity index is 931. The van der Waals surface area contributed by atoms with E-state index < -0.39 is 22.6 Å². The van der Waals surface area contributed by atoms with E-state index >= 15 is 0 Å². The third-order valence-electron chi connectivity index (χ3n) is 3.44. The van der Waals surface area contributed by atoms with Crippen molar-refractivity contribution in [2.24, 2.45) is 0 Å². The van der Waals surface area contributed by atoms with Crippen LogP contribution < -0.4 is 4.72 Å². The number of anilines is 1. The topological polar surface area (TPSA) is 89.5 Å². The minimum Gasteiger partial charge on any atom is -0.454 e.